The molecule has 0 radical (unpaired) electrons. The number of hydrogen-bond acceptors (Lipinski definition) is 3. The maximum atomic E-state index is 11.3. The number of carbonyl (C=O) groups excluding carboxylic acids is 1. The van der Waals surface area contributed by atoms with Crippen LogP contribution < -0.4 is 10.6 Å². The zero-order chi connectivity index (χ0) is 11.0. The van der Waals surface area contributed by atoms with Gasteiger partial charge >= 0.3 is 0 Å². The fraction of sp³-hybridized carbons (Fsp3) is 0.417. The average molecular weight is 234 g/mol. The Balaban J connectivity index is 1.74. The maximum absolute atomic E-state index is 11.3. The van der Waals surface area contributed by atoms with Crippen LogP contribution in [-0.2, 0) is 11.3 Å². The van der Waals surface area contributed by atoms with Crippen molar-refractivity contribution in [3.8, 4) is 0 Å². The fourth-order valence-electron chi connectivity index (χ4n) is 1.79. The lowest BCUT2D eigenvalue weighted by Crippen LogP contribution is -2.19. The van der Waals surface area contributed by atoms with Gasteiger partial charge in [0.15, 0.2) is 0 Å². The number of carbonyl (C=O) groups is 1. The van der Waals surface area contributed by atoms with Crippen LogP contribution in [-0.4, -0.2) is 17.7 Å². The summed E-state index contributed by atoms with van der Waals surface area (Å²) in [7, 11) is 0. The summed E-state index contributed by atoms with van der Waals surface area (Å²) in [5, 5.41) is 6.39. The van der Waals surface area contributed by atoms with Gasteiger partial charge in [-0.2, -0.15) is 0 Å². The van der Waals surface area contributed by atoms with E-state index in [9.17, 15) is 4.79 Å². The second kappa shape index (κ2) is 4.11. The van der Waals surface area contributed by atoms with Crippen LogP contribution in [0.1, 0.15) is 18.4 Å². The Kier molecular flexibility index (Phi) is 2.61. The van der Waals surface area contributed by atoms with E-state index < -0.39 is 0 Å². The molecule has 16 heavy (non-hydrogen) atoms. The third-order valence-electron chi connectivity index (χ3n) is 2.85. The number of anilines is 1. The van der Waals surface area contributed by atoms with Crippen molar-refractivity contribution in [3.63, 3.8) is 0 Å². The first-order valence-electron chi connectivity index (χ1n) is 5.60. The van der Waals surface area contributed by atoms with E-state index in [1.807, 2.05) is 0 Å². The molecule has 3 rings (SSSR count). The van der Waals surface area contributed by atoms with Gasteiger partial charge in [0.2, 0.25) is 5.91 Å². The van der Waals surface area contributed by atoms with E-state index in [0.29, 0.717) is 5.75 Å². The molecule has 0 unspecified atom stereocenters. The third-order valence-corrected chi connectivity index (χ3v) is 3.92. The van der Waals surface area contributed by atoms with Crippen LogP contribution in [0.5, 0.6) is 0 Å². The average Bonchev–Trinajstić information content (AvgIpc) is 3.09. The Morgan fingerprint density at radius 1 is 1.44 bits per heavy atom. The highest BCUT2D eigenvalue weighted by atomic mass is 32.2. The number of benzene rings is 1. The number of amides is 1. The SMILES string of the molecule is O=C1CSc2ccc(CNC3CC3)cc2N1. The lowest BCUT2D eigenvalue weighted by molar-refractivity contribution is -0.113. The van der Waals surface area contributed by atoms with E-state index in [1.54, 1.807) is 11.8 Å². The standard InChI is InChI=1S/C12H14N2OS/c15-12-7-16-11-4-1-8(5-10(11)14-12)6-13-9-2-3-9/h1,4-5,9,13H,2-3,6-7H2,(H,14,15). The van der Waals surface area contributed by atoms with E-state index in [0.717, 1.165) is 18.3 Å². The fourth-order valence-corrected chi connectivity index (χ4v) is 2.58. The molecule has 3 nitrogen and oxygen atoms in total. The van der Waals surface area contributed by atoms with Gasteiger partial charge in [0.25, 0.3) is 0 Å². The molecular formula is C12H14N2OS. The summed E-state index contributed by atoms with van der Waals surface area (Å²) in [6, 6.07) is 7.04. The topological polar surface area (TPSA) is 41.1 Å². The molecular weight excluding hydrogens is 220 g/mol. The lowest BCUT2D eigenvalue weighted by atomic mass is 10.2. The first kappa shape index (κ1) is 10.2. The largest absolute Gasteiger partial charge is 0.324 e. The summed E-state index contributed by atoms with van der Waals surface area (Å²) in [5.74, 6) is 0.636. The molecule has 1 aliphatic heterocycles. The van der Waals surface area contributed by atoms with Gasteiger partial charge in [-0.15, -0.1) is 11.8 Å². The molecule has 2 N–H and O–H groups in total. The van der Waals surface area contributed by atoms with Gasteiger partial charge in [-0.25, -0.2) is 0 Å². The molecule has 1 aromatic carbocycles. The predicted octanol–water partition coefficient (Wildman–Crippen LogP) is 1.98. The van der Waals surface area contributed by atoms with Gasteiger partial charge in [-0.05, 0) is 30.5 Å². The molecule has 1 amide bonds. The molecule has 0 bridgehead atoms. The third kappa shape index (κ3) is 2.23. The molecule has 1 aliphatic carbocycles. The van der Waals surface area contributed by atoms with E-state index in [1.165, 1.54) is 23.3 Å². The number of thioether (sulfide) groups is 1. The van der Waals surface area contributed by atoms with Crippen LogP contribution >= 0.6 is 11.8 Å². The van der Waals surface area contributed by atoms with Crippen LogP contribution in [0.25, 0.3) is 0 Å². The zero-order valence-electron chi connectivity index (χ0n) is 8.95. The maximum Gasteiger partial charge on any atom is 0.234 e. The summed E-state index contributed by atoms with van der Waals surface area (Å²) < 4.78 is 0. The predicted molar refractivity (Wildman–Crippen MR) is 65.7 cm³/mol. The highest BCUT2D eigenvalue weighted by molar-refractivity contribution is 8.00. The summed E-state index contributed by atoms with van der Waals surface area (Å²) in [6.07, 6.45) is 2.61. The van der Waals surface area contributed by atoms with Gasteiger partial charge in [-0.1, -0.05) is 6.07 Å². The molecule has 1 fully saturated rings. The Labute approximate surface area is 99.0 Å². The van der Waals surface area contributed by atoms with Crippen molar-refractivity contribution in [1.29, 1.82) is 0 Å². The van der Waals surface area contributed by atoms with Gasteiger partial charge < -0.3 is 10.6 Å². The van der Waals surface area contributed by atoms with Crippen LogP contribution in [0.3, 0.4) is 0 Å². The van der Waals surface area contributed by atoms with E-state index in [-0.39, 0.29) is 5.91 Å². The normalized spacial score (nSPS) is 19.1. The second-order valence-electron chi connectivity index (χ2n) is 4.32. The van der Waals surface area contributed by atoms with Crippen molar-refractivity contribution < 1.29 is 4.79 Å². The monoisotopic (exact) mass is 234 g/mol. The Hall–Kier alpha value is -1.00. The van der Waals surface area contributed by atoms with Crippen LogP contribution in [0, 0.1) is 0 Å². The highest BCUT2D eigenvalue weighted by Gasteiger charge is 2.20. The van der Waals surface area contributed by atoms with Crippen molar-refractivity contribution in [2.75, 3.05) is 11.1 Å². The minimum absolute atomic E-state index is 0.102. The van der Waals surface area contributed by atoms with Crippen molar-refractivity contribution in [1.82, 2.24) is 5.32 Å². The van der Waals surface area contributed by atoms with Gasteiger partial charge in [0.1, 0.15) is 0 Å². The molecule has 84 valence electrons. The van der Waals surface area contributed by atoms with Gasteiger partial charge in [0.05, 0.1) is 11.4 Å². The molecule has 4 heteroatoms. The lowest BCUT2D eigenvalue weighted by Gasteiger charge is -2.17. The van der Waals surface area contributed by atoms with Crippen molar-refractivity contribution in [2.45, 2.75) is 30.3 Å². The second-order valence-corrected chi connectivity index (χ2v) is 5.34. The van der Waals surface area contributed by atoms with E-state index >= 15 is 0 Å². The minimum Gasteiger partial charge on any atom is -0.324 e. The molecule has 2 aliphatic rings. The molecule has 0 saturated heterocycles. The van der Waals surface area contributed by atoms with Gasteiger partial charge in [-0.3, -0.25) is 4.79 Å². The van der Waals surface area contributed by atoms with E-state index in [2.05, 4.69) is 28.8 Å². The molecule has 0 spiro atoms. The van der Waals surface area contributed by atoms with Crippen LogP contribution in [0.2, 0.25) is 0 Å². The number of fused-ring (bicyclic) bond motifs is 1. The van der Waals surface area contributed by atoms with Gasteiger partial charge in [0, 0.05) is 17.5 Å². The molecule has 0 atom stereocenters. The highest BCUT2D eigenvalue weighted by Crippen LogP contribution is 2.32. The Bertz CT molecular complexity index is 429. The molecule has 1 heterocycles. The van der Waals surface area contributed by atoms with Crippen molar-refractivity contribution in [2.24, 2.45) is 0 Å². The number of hydrogen-bond donors (Lipinski definition) is 2. The Morgan fingerprint density at radius 2 is 2.31 bits per heavy atom. The zero-order valence-corrected chi connectivity index (χ0v) is 9.77. The van der Waals surface area contributed by atoms with Crippen molar-refractivity contribution in [3.05, 3.63) is 23.8 Å². The number of nitrogens with one attached hydrogen (secondary N) is 2. The summed E-state index contributed by atoms with van der Waals surface area (Å²) >= 11 is 1.61. The summed E-state index contributed by atoms with van der Waals surface area (Å²) in [4.78, 5) is 12.4. The van der Waals surface area contributed by atoms with Crippen molar-refractivity contribution >= 4 is 23.4 Å². The molecule has 1 aromatic rings. The van der Waals surface area contributed by atoms with E-state index in [4.69, 9.17) is 0 Å². The molecule has 1 saturated carbocycles. The first-order chi connectivity index (χ1) is 7.81. The number of rotatable bonds is 3. The van der Waals surface area contributed by atoms with Crippen LogP contribution in [0.15, 0.2) is 23.1 Å². The minimum atomic E-state index is 0.102. The van der Waals surface area contributed by atoms with Crippen LogP contribution in [0.4, 0.5) is 5.69 Å². The first-order valence-corrected chi connectivity index (χ1v) is 6.59. The molecule has 0 aromatic heterocycles. The quantitative estimate of drug-likeness (QED) is 0.840. The summed E-state index contributed by atoms with van der Waals surface area (Å²) in [6.45, 7) is 0.901. The Morgan fingerprint density at radius 3 is 3.12 bits per heavy atom. The smallest absolute Gasteiger partial charge is 0.234 e. The summed E-state index contributed by atoms with van der Waals surface area (Å²) in [5.41, 5.74) is 2.21.